The number of anilines is 1. The van der Waals surface area contributed by atoms with E-state index in [0.717, 1.165) is 35.0 Å². The van der Waals surface area contributed by atoms with E-state index in [0.29, 0.717) is 32.6 Å². The molecular formula is C21H24N2O3S. The molecule has 0 saturated heterocycles. The minimum atomic E-state index is 0.0795. The number of amides is 1. The summed E-state index contributed by atoms with van der Waals surface area (Å²) in [7, 11) is 0. The molecule has 4 rings (SSSR count). The van der Waals surface area contributed by atoms with Crippen LogP contribution in [0.1, 0.15) is 35.4 Å². The molecule has 5 nitrogen and oxygen atoms in total. The minimum Gasteiger partial charge on any atom is -0.486 e. The molecule has 0 bridgehead atoms. The number of nitrogens with zero attached hydrogens (tertiary/aromatic N) is 2. The molecule has 1 amide bonds. The van der Waals surface area contributed by atoms with Crippen LogP contribution in [0.2, 0.25) is 0 Å². The van der Waals surface area contributed by atoms with Crippen molar-refractivity contribution in [2.24, 2.45) is 0 Å². The summed E-state index contributed by atoms with van der Waals surface area (Å²) in [6.07, 6.45) is 7.37. The highest BCUT2D eigenvalue weighted by atomic mass is 32.1. The lowest BCUT2D eigenvalue weighted by Crippen LogP contribution is -2.31. The number of aromatic nitrogens is 1. The van der Waals surface area contributed by atoms with Gasteiger partial charge in [-0.3, -0.25) is 9.69 Å². The minimum absolute atomic E-state index is 0.0795. The van der Waals surface area contributed by atoms with E-state index < -0.39 is 0 Å². The van der Waals surface area contributed by atoms with Crippen molar-refractivity contribution in [2.75, 3.05) is 24.7 Å². The third-order valence-electron chi connectivity index (χ3n) is 4.91. The molecule has 0 fully saturated rings. The first-order chi connectivity index (χ1) is 13.2. The lowest BCUT2D eigenvalue weighted by atomic mass is 10.0. The van der Waals surface area contributed by atoms with Crippen molar-refractivity contribution in [3.05, 3.63) is 47.0 Å². The van der Waals surface area contributed by atoms with Crippen LogP contribution in [-0.2, 0) is 24.1 Å². The van der Waals surface area contributed by atoms with Crippen molar-refractivity contribution >= 4 is 22.4 Å². The highest BCUT2D eigenvalue weighted by Crippen LogP contribution is 2.33. The number of hydrogen-bond acceptors (Lipinski definition) is 5. The molecule has 0 atom stereocenters. The van der Waals surface area contributed by atoms with Crippen LogP contribution in [0, 0.1) is 0 Å². The van der Waals surface area contributed by atoms with E-state index >= 15 is 0 Å². The van der Waals surface area contributed by atoms with E-state index in [1.54, 1.807) is 22.3 Å². The number of ether oxygens (including phenoxy) is 2. The summed E-state index contributed by atoms with van der Waals surface area (Å²) >= 11 is 1.66. The van der Waals surface area contributed by atoms with Gasteiger partial charge in [0.15, 0.2) is 16.6 Å². The standard InChI is InChI=1S/C21H24N2O3S/c1-2-11-23(21-22-16-5-3-4-6-19(16)27-21)20(24)10-8-15-7-9-17-18(14-15)26-13-12-25-17/h2,7,9,14H,1,3-6,8,10-13H2. The fraction of sp³-hybridized carbons (Fsp3) is 0.429. The zero-order valence-electron chi connectivity index (χ0n) is 15.4. The van der Waals surface area contributed by atoms with Gasteiger partial charge in [-0.25, -0.2) is 4.98 Å². The Hall–Kier alpha value is -2.34. The smallest absolute Gasteiger partial charge is 0.229 e. The van der Waals surface area contributed by atoms with Crippen LogP contribution in [0.4, 0.5) is 5.13 Å². The average molecular weight is 385 g/mol. The molecule has 0 radical (unpaired) electrons. The molecule has 0 N–H and O–H groups in total. The normalized spacial score (nSPS) is 15.1. The number of hydrogen-bond donors (Lipinski definition) is 0. The maximum atomic E-state index is 12.9. The quantitative estimate of drug-likeness (QED) is 0.708. The number of benzene rings is 1. The van der Waals surface area contributed by atoms with E-state index in [1.807, 2.05) is 18.2 Å². The lowest BCUT2D eigenvalue weighted by Gasteiger charge is -2.20. The van der Waals surface area contributed by atoms with Gasteiger partial charge in [0.2, 0.25) is 5.91 Å². The number of rotatable bonds is 6. The summed E-state index contributed by atoms with van der Waals surface area (Å²) < 4.78 is 11.2. The molecule has 2 aromatic rings. The maximum absolute atomic E-state index is 12.9. The Kier molecular flexibility index (Phi) is 5.43. The van der Waals surface area contributed by atoms with E-state index in [1.165, 1.54) is 23.4 Å². The zero-order chi connectivity index (χ0) is 18.6. The predicted molar refractivity (Wildman–Crippen MR) is 107 cm³/mol. The molecule has 27 heavy (non-hydrogen) atoms. The van der Waals surface area contributed by atoms with E-state index in [-0.39, 0.29) is 5.91 Å². The first-order valence-corrected chi connectivity index (χ1v) is 10.3. The number of thiazole rings is 1. The van der Waals surface area contributed by atoms with Crippen LogP contribution in [0.5, 0.6) is 11.5 Å². The Labute approximate surface area is 163 Å². The van der Waals surface area contributed by atoms with Gasteiger partial charge in [0.25, 0.3) is 0 Å². The molecule has 0 spiro atoms. The largest absolute Gasteiger partial charge is 0.486 e. The highest BCUT2D eigenvalue weighted by Gasteiger charge is 2.22. The van der Waals surface area contributed by atoms with Crippen molar-refractivity contribution < 1.29 is 14.3 Å². The summed E-state index contributed by atoms with van der Waals surface area (Å²) in [5.74, 6) is 1.62. The van der Waals surface area contributed by atoms with E-state index in [9.17, 15) is 4.79 Å². The summed E-state index contributed by atoms with van der Waals surface area (Å²) in [5, 5.41) is 0.814. The second-order valence-electron chi connectivity index (χ2n) is 6.84. The summed E-state index contributed by atoms with van der Waals surface area (Å²) in [5.41, 5.74) is 2.25. The van der Waals surface area contributed by atoms with Gasteiger partial charge < -0.3 is 9.47 Å². The SMILES string of the molecule is C=CCN(C(=O)CCc1ccc2c(c1)OCCO2)c1nc2c(s1)CCCC2. The second kappa shape index (κ2) is 8.13. The monoisotopic (exact) mass is 384 g/mol. The van der Waals surface area contributed by atoms with Crippen molar-refractivity contribution in [1.29, 1.82) is 0 Å². The highest BCUT2D eigenvalue weighted by molar-refractivity contribution is 7.16. The van der Waals surface area contributed by atoms with Crippen LogP contribution in [-0.4, -0.2) is 30.6 Å². The Bertz CT molecular complexity index is 822. The third-order valence-corrected chi connectivity index (χ3v) is 6.09. The van der Waals surface area contributed by atoms with Gasteiger partial charge in [-0.05, 0) is 49.8 Å². The molecule has 0 unspecified atom stereocenters. The van der Waals surface area contributed by atoms with Crippen LogP contribution >= 0.6 is 11.3 Å². The number of fused-ring (bicyclic) bond motifs is 2. The summed E-state index contributed by atoms with van der Waals surface area (Å²) in [4.78, 5) is 20.7. The Morgan fingerprint density at radius 2 is 2.04 bits per heavy atom. The van der Waals surface area contributed by atoms with Gasteiger partial charge in [-0.1, -0.05) is 12.1 Å². The van der Waals surface area contributed by atoms with Gasteiger partial charge in [0.05, 0.1) is 5.69 Å². The Morgan fingerprint density at radius 3 is 2.85 bits per heavy atom. The van der Waals surface area contributed by atoms with Gasteiger partial charge in [-0.2, -0.15) is 0 Å². The van der Waals surface area contributed by atoms with Gasteiger partial charge >= 0.3 is 0 Å². The van der Waals surface area contributed by atoms with Gasteiger partial charge in [-0.15, -0.1) is 17.9 Å². The third kappa shape index (κ3) is 4.00. The van der Waals surface area contributed by atoms with Gasteiger partial charge in [0, 0.05) is 17.8 Å². The van der Waals surface area contributed by atoms with Crippen LogP contribution < -0.4 is 14.4 Å². The number of carbonyl (C=O) groups is 1. The van der Waals surface area contributed by atoms with Gasteiger partial charge in [0.1, 0.15) is 13.2 Å². The maximum Gasteiger partial charge on any atom is 0.229 e. The molecule has 2 aliphatic rings. The number of carbonyl (C=O) groups excluding carboxylic acids is 1. The van der Waals surface area contributed by atoms with Crippen molar-refractivity contribution in [2.45, 2.75) is 38.5 Å². The molecule has 6 heteroatoms. The molecule has 1 aliphatic carbocycles. The van der Waals surface area contributed by atoms with E-state index in [2.05, 4.69) is 6.58 Å². The molecule has 1 aromatic heterocycles. The fourth-order valence-electron chi connectivity index (χ4n) is 3.50. The summed E-state index contributed by atoms with van der Waals surface area (Å²) in [6, 6.07) is 5.90. The van der Waals surface area contributed by atoms with Crippen molar-refractivity contribution in [1.82, 2.24) is 4.98 Å². The molecule has 1 aromatic carbocycles. The summed E-state index contributed by atoms with van der Waals surface area (Å²) in [6.45, 7) is 5.45. The van der Waals surface area contributed by atoms with Crippen LogP contribution in [0.15, 0.2) is 30.9 Å². The second-order valence-corrected chi connectivity index (χ2v) is 7.91. The first-order valence-electron chi connectivity index (χ1n) is 9.53. The average Bonchev–Trinajstić information content (AvgIpc) is 3.14. The lowest BCUT2D eigenvalue weighted by molar-refractivity contribution is -0.118. The Morgan fingerprint density at radius 1 is 1.22 bits per heavy atom. The fourth-order valence-corrected chi connectivity index (χ4v) is 4.67. The Balaban J connectivity index is 1.44. The molecule has 0 saturated carbocycles. The zero-order valence-corrected chi connectivity index (χ0v) is 16.2. The molecule has 2 heterocycles. The van der Waals surface area contributed by atoms with Crippen LogP contribution in [0.3, 0.4) is 0 Å². The molecular weight excluding hydrogens is 360 g/mol. The van der Waals surface area contributed by atoms with E-state index in [4.69, 9.17) is 14.5 Å². The van der Waals surface area contributed by atoms with Crippen molar-refractivity contribution in [3.63, 3.8) is 0 Å². The first kappa shape index (κ1) is 18.0. The number of aryl methyl sites for hydroxylation is 3. The topological polar surface area (TPSA) is 51.7 Å². The predicted octanol–water partition coefficient (Wildman–Crippen LogP) is 3.94. The molecule has 1 aliphatic heterocycles. The molecule has 142 valence electrons. The van der Waals surface area contributed by atoms with Crippen LogP contribution in [0.25, 0.3) is 0 Å². The van der Waals surface area contributed by atoms with Crippen molar-refractivity contribution in [3.8, 4) is 11.5 Å².